The Hall–Kier alpha value is -0.640. The van der Waals surface area contributed by atoms with Crippen LogP contribution in [0.4, 0.5) is 0 Å². The van der Waals surface area contributed by atoms with E-state index in [1.54, 1.807) is 13.8 Å². The maximum absolute atomic E-state index is 12.9. The third-order valence-corrected chi connectivity index (χ3v) is 6.04. The zero-order chi connectivity index (χ0) is 13.8. The first kappa shape index (κ1) is 15.4. The zero-order valence-corrected chi connectivity index (χ0v) is 12.1. The van der Waals surface area contributed by atoms with Crippen LogP contribution in [0, 0.1) is 0 Å². The Morgan fingerprint density at radius 1 is 1.39 bits per heavy atom. The second-order valence-corrected chi connectivity index (χ2v) is 6.42. The Balaban J connectivity index is 3.27. The number of methoxy groups -OCH3 is 1. The summed E-state index contributed by atoms with van der Waals surface area (Å²) in [5.74, 6) is -0.574. The van der Waals surface area contributed by atoms with Crippen LogP contribution in [0.2, 0.25) is 0 Å². The first-order valence-electron chi connectivity index (χ1n) is 6.14. The minimum atomic E-state index is -3.60. The lowest BCUT2D eigenvalue weighted by Crippen LogP contribution is -2.39. The van der Waals surface area contributed by atoms with Crippen molar-refractivity contribution in [3.05, 3.63) is 12.2 Å². The summed E-state index contributed by atoms with van der Waals surface area (Å²) in [7, 11) is -2.33. The summed E-state index contributed by atoms with van der Waals surface area (Å²) >= 11 is 0. The van der Waals surface area contributed by atoms with Crippen LogP contribution in [0.1, 0.15) is 33.1 Å². The standard InChI is InChI=1S/C12H21O5P/c1-5-16-18(14,17-6-2)12(11(13)15-4)9-7-8-10(12)3/h3,5-9H2,1-2,4H3. The van der Waals surface area contributed by atoms with Gasteiger partial charge in [0.1, 0.15) is 0 Å². The molecule has 0 spiro atoms. The number of rotatable bonds is 6. The van der Waals surface area contributed by atoms with Gasteiger partial charge in [-0.15, -0.1) is 0 Å². The molecule has 1 rings (SSSR count). The van der Waals surface area contributed by atoms with E-state index >= 15 is 0 Å². The third kappa shape index (κ3) is 2.27. The highest BCUT2D eigenvalue weighted by Crippen LogP contribution is 2.67. The molecule has 0 N–H and O–H groups in total. The van der Waals surface area contributed by atoms with Gasteiger partial charge in [-0.3, -0.25) is 9.36 Å². The topological polar surface area (TPSA) is 61.8 Å². The lowest BCUT2D eigenvalue weighted by Gasteiger charge is -2.34. The van der Waals surface area contributed by atoms with Crippen molar-refractivity contribution >= 4 is 13.6 Å². The van der Waals surface area contributed by atoms with E-state index in [0.29, 0.717) is 18.4 Å². The van der Waals surface area contributed by atoms with E-state index in [0.717, 1.165) is 6.42 Å². The maximum atomic E-state index is 12.9. The molecule has 0 aliphatic heterocycles. The molecule has 1 saturated carbocycles. The Kier molecular flexibility index (Phi) is 5.14. The maximum Gasteiger partial charge on any atom is 0.352 e. The highest BCUT2D eigenvalue weighted by Gasteiger charge is 2.61. The zero-order valence-electron chi connectivity index (χ0n) is 11.2. The molecule has 0 bridgehead atoms. The normalized spacial score (nSPS) is 24.3. The van der Waals surface area contributed by atoms with E-state index in [1.807, 2.05) is 0 Å². The minimum Gasteiger partial charge on any atom is -0.468 e. The van der Waals surface area contributed by atoms with Crippen molar-refractivity contribution in [3.63, 3.8) is 0 Å². The molecule has 0 radical (unpaired) electrons. The highest BCUT2D eigenvalue weighted by atomic mass is 31.2. The largest absolute Gasteiger partial charge is 0.468 e. The Morgan fingerprint density at radius 2 is 1.94 bits per heavy atom. The van der Waals surface area contributed by atoms with Crippen molar-refractivity contribution in [2.45, 2.75) is 38.3 Å². The molecule has 1 fully saturated rings. The molecule has 104 valence electrons. The fourth-order valence-electron chi connectivity index (χ4n) is 2.40. The van der Waals surface area contributed by atoms with E-state index in [4.69, 9.17) is 13.8 Å². The predicted octanol–water partition coefficient (Wildman–Crippen LogP) is 2.90. The molecule has 18 heavy (non-hydrogen) atoms. The van der Waals surface area contributed by atoms with Crippen LogP contribution in [0.15, 0.2) is 12.2 Å². The lowest BCUT2D eigenvalue weighted by atomic mass is 10.0. The number of hydrogen-bond acceptors (Lipinski definition) is 5. The average molecular weight is 276 g/mol. The van der Waals surface area contributed by atoms with E-state index in [-0.39, 0.29) is 13.2 Å². The van der Waals surface area contributed by atoms with Gasteiger partial charge in [0.25, 0.3) is 0 Å². The Labute approximate surface area is 108 Å². The van der Waals surface area contributed by atoms with Crippen molar-refractivity contribution in [1.82, 2.24) is 0 Å². The third-order valence-electron chi connectivity index (χ3n) is 3.19. The van der Waals surface area contributed by atoms with Gasteiger partial charge in [-0.1, -0.05) is 6.58 Å². The van der Waals surface area contributed by atoms with Gasteiger partial charge >= 0.3 is 13.6 Å². The van der Waals surface area contributed by atoms with Crippen LogP contribution < -0.4 is 0 Å². The molecular weight excluding hydrogens is 255 g/mol. The molecule has 1 aliphatic rings. The van der Waals surface area contributed by atoms with Gasteiger partial charge in [-0.05, 0) is 38.7 Å². The predicted molar refractivity (Wildman–Crippen MR) is 68.6 cm³/mol. The summed E-state index contributed by atoms with van der Waals surface area (Å²) in [5, 5.41) is -1.33. The second kappa shape index (κ2) is 6.00. The first-order valence-corrected chi connectivity index (χ1v) is 7.68. The highest BCUT2D eigenvalue weighted by molar-refractivity contribution is 7.57. The number of carbonyl (C=O) groups excluding carboxylic acids is 1. The van der Waals surface area contributed by atoms with Crippen LogP contribution in [0.25, 0.3) is 0 Å². The summed E-state index contributed by atoms with van der Waals surface area (Å²) in [6.07, 6.45) is 1.77. The fraction of sp³-hybridized carbons (Fsp3) is 0.750. The molecule has 1 aliphatic carbocycles. The van der Waals surface area contributed by atoms with Crippen molar-refractivity contribution < 1.29 is 23.1 Å². The molecule has 0 amide bonds. The fourth-order valence-corrected chi connectivity index (χ4v) is 4.84. The molecule has 6 heteroatoms. The van der Waals surface area contributed by atoms with Gasteiger partial charge in [0.2, 0.25) is 0 Å². The van der Waals surface area contributed by atoms with Crippen LogP contribution >= 0.6 is 7.60 Å². The quantitative estimate of drug-likeness (QED) is 0.424. The van der Waals surface area contributed by atoms with Crippen molar-refractivity contribution in [2.24, 2.45) is 0 Å². The smallest absolute Gasteiger partial charge is 0.352 e. The number of carbonyl (C=O) groups is 1. The molecule has 0 aromatic rings. The van der Waals surface area contributed by atoms with Gasteiger partial charge < -0.3 is 13.8 Å². The molecule has 0 aromatic heterocycles. The SMILES string of the molecule is C=C1CCCC1(C(=O)OC)P(=O)(OCC)OCC. The van der Waals surface area contributed by atoms with Gasteiger partial charge in [-0.2, -0.15) is 0 Å². The van der Waals surface area contributed by atoms with Crippen LogP contribution in [-0.4, -0.2) is 31.4 Å². The molecule has 5 nitrogen and oxygen atoms in total. The van der Waals surface area contributed by atoms with Crippen LogP contribution in [-0.2, 0) is 23.1 Å². The van der Waals surface area contributed by atoms with E-state index in [1.165, 1.54) is 7.11 Å². The molecule has 0 saturated heterocycles. The van der Waals surface area contributed by atoms with Gasteiger partial charge in [0.15, 0.2) is 5.16 Å². The summed E-state index contributed by atoms with van der Waals surface area (Å²) in [5.41, 5.74) is 0.583. The van der Waals surface area contributed by atoms with Crippen molar-refractivity contribution in [2.75, 3.05) is 20.3 Å². The van der Waals surface area contributed by atoms with Crippen molar-refractivity contribution in [3.8, 4) is 0 Å². The Morgan fingerprint density at radius 3 is 2.28 bits per heavy atom. The van der Waals surface area contributed by atoms with E-state index in [2.05, 4.69) is 6.58 Å². The minimum absolute atomic E-state index is 0.212. The Bertz CT molecular complexity index is 369. The van der Waals surface area contributed by atoms with Crippen LogP contribution in [0.5, 0.6) is 0 Å². The summed E-state index contributed by atoms with van der Waals surface area (Å²) < 4.78 is 28.4. The van der Waals surface area contributed by atoms with Crippen molar-refractivity contribution in [1.29, 1.82) is 0 Å². The lowest BCUT2D eigenvalue weighted by molar-refractivity contribution is -0.143. The summed E-state index contributed by atoms with van der Waals surface area (Å²) in [6.45, 7) is 7.73. The molecular formula is C12H21O5P. The molecule has 0 aromatic carbocycles. The summed E-state index contributed by atoms with van der Waals surface area (Å²) in [4.78, 5) is 12.1. The average Bonchev–Trinajstić information content (AvgIpc) is 2.72. The number of ether oxygens (including phenoxy) is 1. The van der Waals surface area contributed by atoms with E-state index in [9.17, 15) is 9.36 Å². The second-order valence-electron chi connectivity index (χ2n) is 4.14. The summed E-state index contributed by atoms with van der Waals surface area (Å²) in [6, 6.07) is 0. The number of hydrogen-bond donors (Lipinski definition) is 0. The van der Waals surface area contributed by atoms with Gasteiger partial charge in [-0.25, -0.2) is 0 Å². The monoisotopic (exact) mass is 276 g/mol. The van der Waals surface area contributed by atoms with Gasteiger partial charge in [0.05, 0.1) is 20.3 Å². The molecule has 1 atom stereocenters. The molecule has 0 heterocycles. The van der Waals surface area contributed by atoms with Crippen LogP contribution in [0.3, 0.4) is 0 Å². The first-order chi connectivity index (χ1) is 8.48. The molecule has 1 unspecified atom stereocenters. The van der Waals surface area contributed by atoms with E-state index < -0.39 is 18.7 Å². The number of esters is 1. The van der Waals surface area contributed by atoms with Gasteiger partial charge in [0, 0.05) is 0 Å².